The van der Waals surface area contributed by atoms with Crippen molar-refractivity contribution in [2.24, 2.45) is 5.84 Å². The van der Waals surface area contributed by atoms with Crippen molar-refractivity contribution in [1.82, 2.24) is 15.2 Å². The predicted octanol–water partition coefficient (Wildman–Crippen LogP) is 1.51. The minimum absolute atomic E-state index is 0.0341. The lowest BCUT2D eigenvalue weighted by Gasteiger charge is -2.14. The molecule has 1 aromatic rings. The van der Waals surface area contributed by atoms with Crippen LogP contribution in [0.3, 0.4) is 0 Å². The topological polar surface area (TPSA) is 65.1 Å². The third-order valence-electron chi connectivity index (χ3n) is 2.74. The third-order valence-corrected chi connectivity index (χ3v) is 2.74. The molecule has 1 rings (SSSR count). The van der Waals surface area contributed by atoms with Gasteiger partial charge in [-0.25, -0.2) is 8.78 Å². The van der Waals surface area contributed by atoms with Gasteiger partial charge in [-0.3, -0.25) is 16.0 Å². The van der Waals surface area contributed by atoms with Crippen LogP contribution in [0.4, 0.5) is 8.78 Å². The molecule has 0 aliphatic rings. The van der Waals surface area contributed by atoms with Gasteiger partial charge in [0.2, 0.25) is 0 Å². The van der Waals surface area contributed by atoms with E-state index in [2.05, 4.69) is 10.5 Å². The lowest BCUT2D eigenvalue weighted by atomic mass is 10.1. The summed E-state index contributed by atoms with van der Waals surface area (Å²) < 4.78 is 30.5. The van der Waals surface area contributed by atoms with Crippen molar-refractivity contribution < 1.29 is 13.5 Å². The molecule has 1 heterocycles. The Morgan fingerprint density at radius 2 is 2.21 bits per heavy atom. The first kappa shape index (κ1) is 16.0. The number of nitrogens with one attached hydrogen (secondary N) is 1. The smallest absolute Gasteiger partial charge is 0.261 e. The van der Waals surface area contributed by atoms with Gasteiger partial charge < -0.3 is 4.74 Å². The van der Waals surface area contributed by atoms with Crippen LogP contribution in [0.1, 0.15) is 32.0 Å². The molecule has 1 atom stereocenters. The molecule has 0 amide bonds. The van der Waals surface area contributed by atoms with E-state index in [4.69, 9.17) is 10.6 Å². The van der Waals surface area contributed by atoms with Crippen LogP contribution in [0.25, 0.3) is 0 Å². The molecular weight excluding hydrogens is 254 g/mol. The number of nitrogens with two attached hydrogens (primary N) is 1. The summed E-state index contributed by atoms with van der Waals surface area (Å²) in [5.41, 5.74) is 3.58. The summed E-state index contributed by atoms with van der Waals surface area (Å²) in [6, 6.07) is 2.21. The maximum Gasteiger partial charge on any atom is 0.261 e. The predicted molar refractivity (Wildman–Crippen MR) is 68.9 cm³/mol. The van der Waals surface area contributed by atoms with Crippen molar-refractivity contribution in [2.45, 2.75) is 45.2 Å². The van der Waals surface area contributed by atoms with Crippen LogP contribution in [-0.4, -0.2) is 35.5 Å². The number of hydrazine groups is 1. The Bertz CT molecular complexity index is 357. The Morgan fingerprint density at radius 1 is 1.47 bits per heavy atom. The highest BCUT2D eigenvalue weighted by Gasteiger charge is 2.11. The number of rotatable bonds is 9. The number of hydrogen-bond acceptors (Lipinski definition) is 4. The van der Waals surface area contributed by atoms with Gasteiger partial charge in [-0.15, -0.1) is 0 Å². The minimum Gasteiger partial charge on any atom is -0.375 e. The molecule has 0 aliphatic heterocycles. The Labute approximate surface area is 112 Å². The van der Waals surface area contributed by atoms with E-state index < -0.39 is 13.0 Å². The Hall–Kier alpha value is -1.05. The van der Waals surface area contributed by atoms with Crippen LogP contribution in [0, 0.1) is 0 Å². The van der Waals surface area contributed by atoms with Gasteiger partial charge in [0.1, 0.15) is 6.61 Å². The highest BCUT2D eigenvalue weighted by Crippen LogP contribution is 2.08. The Morgan fingerprint density at radius 3 is 2.74 bits per heavy atom. The van der Waals surface area contributed by atoms with Crippen molar-refractivity contribution in [3.05, 3.63) is 18.0 Å². The molecule has 110 valence electrons. The zero-order valence-electron chi connectivity index (χ0n) is 11.4. The lowest BCUT2D eigenvalue weighted by molar-refractivity contribution is 0.0144. The summed E-state index contributed by atoms with van der Waals surface area (Å²) in [4.78, 5) is 0. The molecule has 1 aromatic heterocycles. The standard InChI is InChI=1S/C12H22F2N4O/c1-9(2)18-5-3-11(17-18)7-10(16-15)4-6-19-8-12(13)14/h3,5,9-10,12,16H,4,6-8,15H2,1-2H3. The number of halogens is 2. The van der Waals surface area contributed by atoms with E-state index in [1.54, 1.807) is 0 Å². The highest BCUT2D eigenvalue weighted by molar-refractivity contribution is 5.02. The second kappa shape index (κ2) is 8.19. The normalized spacial score (nSPS) is 13.4. The number of aromatic nitrogens is 2. The van der Waals surface area contributed by atoms with Crippen molar-refractivity contribution >= 4 is 0 Å². The highest BCUT2D eigenvalue weighted by atomic mass is 19.3. The van der Waals surface area contributed by atoms with Gasteiger partial charge in [0.05, 0.1) is 5.69 Å². The first-order valence-electron chi connectivity index (χ1n) is 6.39. The molecule has 5 nitrogen and oxygen atoms in total. The maximum absolute atomic E-state index is 11.9. The Balaban J connectivity index is 2.34. The molecule has 7 heteroatoms. The van der Waals surface area contributed by atoms with Gasteiger partial charge in [-0.05, 0) is 26.3 Å². The fourth-order valence-corrected chi connectivity index (χ4v) is 1.67. The lowest BCUT2D eigenvalue weighted by Crippen LogP contribution is -2.37. The summed E-state index contributed by atoms with van der Waals surface area (Å²) in [7, 11) is 0. The fourth-order valence-electron chi connectivity index (χ4n) is 1.67. The SMILES string of the molecule is CC(C)n1ccc(CC(CCOCC(F)F)NN)n1. The van der Waals surface area contributed by atoms with Gasteiger partial charge in [-0.1, -0.05) is 0 Å². The van der Waals surface area contributed by atoms with Crippen LogP contribution >= 0.6 is 0 Å². The van der Waals surface area contributed by atoms with E-state index in [0.29, 0.717) is 18.9 Å². The summed E-state index contributed by atoms with van der Waals surface area (Å²) in [5.74, 6) is 5.44. The van der Waals surface area contributed by atoms with E-state index in [0.717, 1.165) is 5.69 Å². The van der Waals surface area contributed by atoms with Crippen molar-refractivity contribution in [3.63, 3.8) is 0 Å². The number of alkyl halides is 2. The molecule has 0 aliphatic carbocycles. The molecule has 0 aromatic carbocycles. The summed E-state index contributed by atoms with van der Waals surface area (Å²) in [5, 5.41) is 4.41. The van der Waals surface area contributed by atoms with Crippen LogP contribution in [-0.2, 0) is 11.2 Å². The van der Waals surface area contributed by atoms with Crippen LogP contribution < -0.4 is 11.3 Å². The zero-order valence-corrected chi connectivity index (χ0v) is 11.4. The van der Waals surface area contributed by atoms with Crippen LogP contribution in [0.2, 0.25) is 0 Å². The van der Waals surface area contributed by atoms with Gasteiger partial charge in [-0.2, -0.15) is 5.10 Å². The second-order valence-corrected chi connectivity index (χ2v) is 4.70. The number of hydrogen-bond donors (Lipinski definition) is 2. The van der Waals surface area contributed by atoms with Gasteiger partial charge >= 0.3 is 0 Å². The monoisotopic (exact) mass is 276 g/mol. The van der Waals surface area contributed by atoms with Crippen molar-refractivity contribution in [2.75, 3.05) is 13.2 Å². The van der Waals surface area contributed by atoms with Crippen LogP contribution in [0.5, 0.6) is 0 Å². The van der Waals surface area contributed by atoms with E-state index >= 15 is 0 Å². The molecule has 3 N–H and O–H groups in total. The molecule has 19 heavy (non-hydrogen) atoms. The molecule has 0 spiro atoms. The average molecular weight is 276 g/mol. The second-order valence-electron chi connectivity index (χ2n) is 4.70. The number of nitrogens with zero attached hydrogens (tertiary/aromatic N) is 2. The molecular formula is C12H22F2N4O. The summed E-state index contributed by atoms with van der Waals surface area (Å²) in [6.45, 7) is 3.82. The van der Waals surface area contributed by atoms with E-state index in [1.807, 2.05) is 30.8 Å². The van der Waals surface area contributed by atoms with Gasteiger partial charge in [0, 0.05) is 31.3 Å². The van der Waals surface area contributed by atoms with E-state index in [-0.39, 0.29) is 12.6 Å². The molecule has 1 unspecified atom stereocenters. The molecule has 0 radical (unpaired) electrons. The van der Waals surface area contributed by atoms with E-state index in [9.17, 15) is 8.78 Å². The number of ether oxygens (including phenoxy) is 1. The first-order chi connectivity index (χ1) is 9.02. The maximum atomic E-state index is 11.9. The van der Waals surface area contributed by atoms with E-state index in [1.165, 1.54) is 0 Å². The quantitative estimate of drug-likeness (QED) is 0.408. The third kappa shape index (κ3) is 6.09. The fraction of sp³-hybridized carbons (Fsp3) is 0.750. The first-order valence-corrected chi connectivity index (χ1v) is 6.39. The molecule has 0 bridgehead atoms. The Kier molecular flexibility index (Phi) is 6.90. The molecule has 0 saturated heterocycles. The van der Waals surface area contributed by atoms with Crippen LogP contribution in [0.15, 0.2) is 12.3 Å². The summed E-state index contributed by atoms with van der Waals surface area (Å²) in [6.07, 6.45) is 0.707. The average Bonchev–Trinajstić information content (AvgIpc) is 2.81. The minimum atomic E-state index is -2.42. The van der Waals surface area contributed by atoms with Crippen molar-refractivity contribution in [1.29, 1.82) is 0 Å². The molecule has 0 fully saturated rings. The molecule has 0 saturated carbocycles. The van der Waals surface area contributed by atoms with Gasteiger partial charge in [0.25, 0.3) is 6.43 Å². The summed E-state index contributed by atoms with van der Waals surface area (Å²) >= 11 is 0. The van der Waals surface area contributed by atoms with Gasteiger partial charge in [0.15, 0.2) is 0 Å². The zero-order chi connectivity index (χ0) is 14.3. The largest absolute Gasteiger partial charge is 0.375 e. The van der Waals surface area contributed by atoms with Crippen molar-refractivity contribution in [3.8, 4) is 0 Å².